The van der Waals surface area contributed by atoms with Crippen molar-refractivity contribution < 1.29 is 20.4 Å². The maximum atomic E-state index is 10.8. The van der Waals surface area contributed by atoms with Gasteiger partial charge in [-0.2, -0.15) is 0 Å². The van der Waals surface area contributed by atoms with E-state index >= 15 is 0 Å². The van der Waals surface area contributed by atoms with E-state index in [1.165, 1.54) is 12.1 Å². The van der Waals surface area contributed by atoms with Gasteiger partial charge in [-0.05, 0) is 36.6 Å². The highest BCUT2D eigenvalue weighted by molar-refractivity contribution is 5.63. The standard InChI is InChI=1S/C16H16O4/c1-15(19)9-5-3-4-6-10(9)16(2,20)13-11(15)7-8-12(17)14(13)18/h3-8,17-20H,1-2H3. The summed E-state index contributed by atoms with van der Waals surface area (Å²) >= 11 is 0. The highest BCUT2D eigenvalue weighted by Crippen LogP contribution is 2.52. The molecule has 0 aliphatic heterocycles. The predicted octanol–water partition coefficient (Wildman–Crippen LogP) is 1.92. The van der Waals surface area contributed by atoms with Crippen LogP contribution in [0.5, 0.6) is 11.5 Å². The maximum Gasteiger partial charge on any atom is 0.164 e. The predicted molar refractivity (Wildman–Crippen MR) is 73.6 cm³/mol. The average molecular weight is 272 g/mol. The van der Waals surface area contributed by atoms with Crippen molar-refractivity contribution in [3.63, 3.8) is 0 Å². The fraction of sp³-hybridized carbons (Fsp3) is 0.250. The highest BCUT2D eigenvalue weighted by atomic mass is 16.3. The first kappa shape index (κ1) is 13.0. The van der Waals surface area contributed by atoms with Gasteiger partial charge >= 0.3 is 0 Å². The third-order valence-corrected chi connectivity index (χ3v) is 4.14. The third-order valence-electron chi connectivity index (χ3n) is 4.14. The van der Waals surface area contributed by atoms with E-state index in [1.807, 2.05) is 0 Å². The molecule has 0 saturated carbocycles. The first-order chi connectivity index (χ1) is 9.28. The Morgan fingerprint density at radius 1 is 0.750 bits per heavy atom. The molecule has 1 aliphatic rings. The van der Waals surface area contributed by atoms with Crippen LogP contribution in [-0.4, -0.2) is 20.4 Å². The Kier molecular flexibility index (Phi) is 2.43. The molecule has 0 fully saturated rings. The highest BCUT2D eigenvalue weighted by Gasteiger charge is 2.46. The summed E-state index contributed by atoms with van der Waals surface area (Å²) < 4.78 is 0. The SMILES string of the molecule is CC1(O)c2ccccc2C(C)(O)c2c1ccc(O)c2O. The van der Waals surface area contributed by atoms with Crippen LogP contribution in [0.4, 0.5) is 0 Å². The Bertz CT molecular complexity index is 702. The smallest absolute Gasteiger partial charge is 0.164 e. The van der Waals surface area contributed by atoms with Gasteiger partial charge in [0.1, 0.15) is 11.2 Å². The summed E-state index contributed by atoms with van der Waals surface area (Å²) in [6, 6.07) is 9.83. The summed E-state index contributed by atoms with van der Waals surface area (Å²) in [5.41, 5.74) is -1.21. The van der Waals surface area contributed by atoms with Crippen LogP contribution < -0.4 is 0 Å². The summed E-state index contributed by atoms with van der Waals surface area (Å²) in [6.07, 6.45) is 0. The van der Waals surface area contributed by atoms with Crippen LogP contribution in [0.2, 0.25) is 0 Å². The molecule has 0 heterocycles. The summed E-state index contributed by atoms with van der Waals surface area (Å²) in [7, 11) is 0. The second kappa shape index (κ2) is 3.75. The lowest BCUT2D eigenvalue weighted by Crippen LogP contribution is -2.39. The molecule has 4 heteroatoms. The largest absolute Gasteiger partial charge is 0.504 e. The summed E-state index contributed by atoms with van der Waals surface area (Å²) in [5, 5.41) is 41.5. The third kappa shape index (κ3) is 1.43. The van der Waals surface area contributed by atoms with Crippen LogP contribution in [0.3, 0.4) is 0 Å². The van der Waals surface area contributed by atoms with Gasteiger partial charge in [0.25, 0.3) is 0 Å². The lowest BCUT2D eigenvalue weighted by molar-refractivity contribution is 0.0484. The number of rotatable bonds is 0. The van der Waals surface area contributed by atoms with Gasteiger partial charge in [0, 0.05) is 5.56 Å². The number of hydrogen-bond donors (Lipinski definition) is 4. The van der Waals surface area contributed by atoms with Crippen LogP contribution >= 0.6 is 0 Å². The zero-order chi connectivity index (χ0) is 14.7. The Hall–Kier alpha value is -2.04. The lowest BCUT2D eigenvalue weighted by Gasteiger charge is -2.41. The number of aromatic hydroxyl groups is 2. The van der Waals surface area contributed by atoms with Crippen LogP contribution in [0.15, 0.2) is 36.4 Å². The van der Waals surface area contributed by atoms with E-state index in [2.05, 4.69) is 0 Å². The second-order valence-corrected chi connectivity index (χ2v) is 5.55. The average Bonchev–Trinajstić information content (AvgIpc) is 2.40. The number of fused-ring (bicyclic) bond motifs is 2. The van der Waals surface area contributed by atoms with Gasteiger partial charge in [-0.3, -0.25) is 0 Å². The van der Waals surface area contributed by atoms with Crippen molar-refractivity contribution in [2.45, 2.75) is 25.0 Å². The Labute approximate surface area is 116 Å². The molecule has 20 heavy (non-hydrogen) atoms. The number of aliphatic hydroxyl groups is 2. The van der Waals surface area contributed by atoms with Crippen LogP contribution in [0.1, 0.15) is 36.1 Å². The molecule has 0 aromatic heterocycles. The molecule has 2 unspecified atom stereocenters. The second-order valence-electron chi connectivity index (χ2n) is 5.55. The van der Waals surface area contributed by atoms with E-state index in [9.17, 15) is 20.4 Å². The van der Waals surface area contributed by atoms with E-state index in [4.69, 9.17) is 0 Å². The maximum absolute atomic E-state index is 10.8. The lowest BCUT2D eigenvalue weighted by atomic mass is 9.68. The van der Waals surface area contributed by atoms with Crippen LogP contribution in [-0.2, 0) is 11.2 Å². The molecule has 4 N–H and O–H groups in total. The number of hydrogen-bond acceptors (Lipinski definition) is 4. The molecule has 0 bridgehead atoms. The molecule has 4 nitrogen and oxygen atoms in total. The molecule has 1 aliphatic carbocycles. The molecule has 0 spiro atoms. The zero-order valence-corrected chi connectivity index (χ0v) is 11.3. The Morgan fingerprint density at radius 2 is 1.30 bits per heavy atom. The monoisotopic (exact) mass is 272 g/mol. The van der Waals surface area contributed by atoms with Crippen molar-refractivity contribution in [1.29, 1.82) is 0 Å². The van der Waals surface area contributed by atoms with Gasteiger partial charge in [0.15, 0.2) is 11.5 Å². The summed E-state index contributed by atoms with van der Waals surface area (Å²) in [4.78, 5) is 0. The van der Waals surface area contributed by atoms with Crippen molar-refractivity contribution in [3.05, 3.63) is 58.7 Å². The minimum Gasteiger partial charge on any atom is -0.504 e. The zero-order valence-electron chi connectivity index (χ0n) is 11.3. The molecule has 2 atom stereocenters. The minimum atomic E-state index is -1.49. The molecule has 2 aromatic rings. The molecule has 2 aromatic carbocycles. The fourth-order valence-corrected chi connectivity index (χ4v) is 3.09. The van der Waals surface area contributed by atoms with E-state index < -0.39 is 17.0 Å². The van der Waals surface area contributed by atoms with E-state index in [1.54, 1.807) is 38.1 Å². The van der Waals surface area contributed by atoms with Gasteiger partial charge in [0.05, 0.1) is 0 Å². The molecular weight excluding hydrogens is 256 g/mol. The van der Waals surface area contributed by atoms with Crippen molar-refractivity contribution in [2.75, 3.05) is 0 Å². The van der Waals surface area contributed by atoms with Gasteiger partial charge in [-0.1, -0.05) is 30.3 Å². The van der Waals surface area contributed by atoms with Gasteiger partial charge in [-0.15, -0.1) is 0 Å². The minimum absolute atomic E-state index is 0.140. The van der Waals surface area contributed by atoms with E-state index in [-0.39, 0.29) is 11.3 Å². The Balaban J connectivity index is 2.46. The molecule has 0 amide bonds. The van der Waals surface area contributed by atoms with Gasteiger partial charge in [-0.25, -0.2) is 0 Å². The van der Waals surface area contributed by atoms with Crippen LogP contribution in [0.25, 0.3) is 0 Å². The fourth-order valence-electron chi connectivity index (χ4n) is 3.09. The van der Waals surface area contributed by atoms with Crippen molar-refractivity contribution in [3.8, 4) is 11.5 Å². The number of phenols is 2. The molecular formula is C16H16O4. The Morgan fingerprint density at radius 3 is 1.90 bits per heavy atom. The summed E-state index contributed by atoms with van der Waals surface area (Å²) in [5.74, 6) is -0.721. The number of benzene rings is 2. The number of phenolic OH excluding ortho intramolecular Hbond substituents is 2. The topological polar surface area (TPSA) is 80.9 Å². The summed E-state index contributed by atoms with van der Waals surface area (Å²) in [6.45, 7) is 3.15. The van der Waals surface area contributed by atoms with E-state index in [0.29, 0.717) is 16.7 Å². The van der Waals surface area contributed by atoms with Crippen molar-refractivity contribution in [2.24, 2.45) is 0 Å². The molecule has 0 saturated heterocycles. The van der Waals surface area contributed by atoms with Crippen molar-refractivity contribution in [1.82, 2.24) is 0 Å². The van der Waals surface area contributed by atoms with Gasteiger partial charge < -0.3 is 20.4 Å². The van der Waals surface area contributed by atoms with E-state index in [0.717, 1.165) is 0 Å². The first-order valence-corrected chi connectivity index (χ1v) is 6.38. The van der Waals surface area contributed by atoms with Gasteiger partial charge in [0.2, 0.25) is 0 Å². The van der Waals surface area contributed by atoms with Crippen LogP contribution in [0, 0.1) is 0 Å². The molecule has 3 rings (SSSR count). The first-order valence-electron chi connectivity index (χ1n) is 6.38. The van der Waals surface area contributed by atoms with Crippen molar-refractivity contribution >= 4 is 0 Å². The quantitative estimate of drug-likeness (QED) is 0.552. The normalized spacial score (nSPS) is 27.8. The molecule has 104 valence electrons. The molecule has 0 radical (unpaired) electrons.